The summed E-state index contributed by atoms with van der Waals surface area (Å²) in [5, 5.41) is 0. The summed E-state index contributed by atoms with van der Waals surface area (Å²) < 4.78 is 0. The lowest BCUT2D eigenvalue weighted by Gasteiger charge is -2.00. The molecule has 0 radical (unpaired) electrons. The van der Waals surface area contributed by atoms with Crippen molar-refractivity contribution in [2.75, 3.05) is 12.0 Å². The van der Waals surface area contributed by atoms with E-state index in [-0.39, 0.29) is 0 Å². The van der Waals surface area contributed by atoms with Gasteiger partial charge in [0, 0.05) is 10.6 Å². The smallest absolute Gasteiger partial charge is 0.0461 e. The van der Waals surface area contributed by atoms with Gasteiger partial charge in [-0.3, -0.25) is 0 Å². The van der Waals surface area contributed by atoms with Crippen LogP contribution in [-0.4, -0.2) is 6.26 Å². The number of anilines is 1. The van der Waals surface area contributed by atoms with Gasteiger partial charge in [0.2, 0.25) is 0 Å². The zero-order valence-electron chi connectivity index (χ0n) is 6.11. The van der Waals surface area contributed by atoms with Gasteiger partial charge in [-0.25, -0.2) is 0 Å². The molecule has 0 aliphatic heterocycles. The van der Waals surface area contributed by atoms with Crippen LogP contribution in [0.5, 0.6) is 0 Å². The van der Waals surface area contributed by atoms with Crippen LogP contribution in [0.4, 0.5) is 5.69 Å². The lowest BCUT2D eigenvalue weighted by Crippen LogP contribution is -1.84. The molecule has 60 valence electrons. The number of hydrogen-bond acceptors (Lipinski definition) is 4. The van der Waals surface area contributed by atoms with Crippen molar-refractivity contribution in [3.63, 3.8) is 0 Å². The maximum Gasteiger partial charge on any atom is 0.0461 e. The molecule has 0 amide bonds. The van der Waals surface area contributed by atoms with Crippen LogP contribution in [0.15, 0.2) is 29.2 Å². The Kier molecular flexibility index (Phi) is 4.04. The molecule has 0 heterocycles. The van der Waals surface area contributed by atoms with Crippen LogP contribution in [0.25, 0.3) is 0 Å². The molecule has 0 bridgehead atoms. The minimum absolute atomic E-state index is 0.860. The van der Waals surface area contributed by atoms with Crippen molar-refractivity contribution in [3.8, 4) is 0 Å². The van der Waals surface area contributed by atoms with Gasteiger partial charge in [-0.05, 0) is 39.0 Å². The highest BCUT2D eigenvalue weighted by molar-refractivity contribution is 9.09. The minimum Gasteiger partial charge on any atom is -0.398 e. The van der Waals surface area contributed by atoms with Gasteiger partial charge in [-0.1, -0.05) is 22.9 Å². The Balaban J connectivity index is 2.62. The molecule has 11 heavy (non-hydrogen) atoms. The van der Waals surface area contributed by atoms with E-state index in [2.05, 4.69) is 6.26 Å². The maximum atomic E-state index is 5.72. The highest BCUT2D eigenvalue weighted by Gasteiger charge is 1.96. The summed E-state index contributed by atoms with van der Waals surface area (Å²) in [5.41, 5.74) is 6.58. The number of para-hydroxylation sites is 1. The third-order valence-corrected chi connectivity index (χ3v) is 4.85. The zero-order valence-corrected chi connectivity index (χ0v) is 8.56. The number of nitrogen functional groups attached to an aromatic ring is 1. The third-order valence-electron chi connectivity index (χ3n) is 1.11. The summed E-state index contributed by atoms with van der Waals surface area (Å²) in [6, 6.07) is 7.90. The average molecular weight is 203 g/mol. The van der Waals surface area contributed by atoms with Crippen LogP contribution in [0.2, 0.25) is 0 Å². The van der Waals surface area contributed by atoms with Crippen molar-refractivity contribution in [1.29, 1.82) is 0 Å². The van der Waals surface area contributed by atoms with Gasteiger partial charge in [0.25, 0.3) is 0 Å². The molecule has 4 heteroatoms. The molecule has 0 spiro atoms. The van der Waals surface area contributed by atoms with Crippen LogP contribution in [0.3, 0.4) is 0 Å². The fourth-order valence-electron chi connectivity index (χ4n) is 0.627. The summed E-state index contributed by atoms with van der Waals surface area (Å²) >= 11 is 0. The summed E-state index contributed by atoms with van der Waals surface area (Å²) in [7, 11) is 5.16. The lowest BCUT2D eigenvalue weighted by molar-refractivity contribution is 1.47. The first-order chi connectivity index (χ1) is 5.34. The molecular formula is C7H9NS3. The fourth-order valence-corrected chi connectivity index (χ4v) is 3.22. The highest BCUT2D eigenvalue weighted by Crippen LogP contribution is 2.40. The topological polar surface area (TPSA) is 26.0 Å². The first-order valence-corrected chi connectivity index (χ1v) is 6.95. The molecule has 0 fully saturated rings. The second-order valence-corrected chi connectivity index (χ2v) is 6.06. The molecule has 1 nitrogen and oxygen atoms in total. The second kappa shape index (κ2) is 4.85. The molecule has 1 aromatic rings. The molecule has 0 aromatic heterocycles. The van der Waals surface area contributed by atoms with Crippen LogP contribution in [0.1, 0.15) is 0 Å². The van der Waals surface area contributed by atoms with Crippen LogP contribution in [-0.2, 0) is 0 Å². The quantitative estimate of drug-likeness (QED) is 0.602. The predicted molar refractivity (Wildman–Crippen MR) is 57.8 cm³/mol. The summed E-state index contributed by atoms with van der Waals surface area (Å²) in [6.45, 7) is 0. The average Bonchev–Trinajstić information content (AvgIpc) is 2.03. The van der Waals surface area contributed by atoms with E-state index in [0.29, 0.717) is 0 Å². The minimum atomic E-state index is 0.860. The van der Waals surface area contributed by atoms with E-state index >= 15 is 0 Å². The van der Waals surface area contributed by atoms with Gasteiger partial charge in [0.05, 0.1) is 0 Å². The lowest BCUT2D eigenvalue weighted by atomic mass is 10.3. The Morgan fingerprint density at radius 1 is 1.27 bits per heavy atom. The van der Waals surface area contributed by atoms with E-state index in [9.17, 15) is 0 Å². The Hall–Kier alpha value is 0.0700. The molecule has 1 rings (SSSR count). The molecule has 0 saturated carbocycles. The van der Waals surface area contributed by atoms with Crippen molar-refractivity contribution in [1.82, 2.24) is 0 Å². The normalized spacial score (nSPS) is 9.91. The molecule has 0 saturated heterocycles. The summed E-state index contributed by atoms with van der Waals surface area (Å²) in [5.74, 6) is 0. The van der Waals surface area contributed by atoms with E-state index in [0.717, 1.165) is 10.6 Å². The summed E-state index contributed by atoms with van der Waals surface area (Å²) in [6.07, 6.45) is 2.05. The Morgan fingerprint density at radius 3 is 2.64 bits per heavy atom. The Labute approximate surface area is 78.3 Å². The number of rotatable bonds is 3. The third kappa shape index (κ3) is 2.89. The number of nitrogens with two attached hydrogens (primary N) is 1. The SMILES string of the molecule is CSSSc1ccccc1N. The largest absolute Gasteiger partial charge is 0.398 e. The van der Waals surface area contributed by atoms with Crippen LogP contribution in [0, 0.1) is 0 Å². The number of hydrogen-bond donors (Lipinski definition) is 1. The van der Waals surface area contributed by atoms with E-state index < -0.39 is 0 Å². The standard InChI is InChI=1S/C7H9NS3/c1-9-11-10-7-5-3-2-4-6(7)8/h2-5H,8H2,1H3. The van der Waals surface area contributed by atoms with Gasteiger partial charge in [-0.2, -0.15) is 0 Å². The monoisotopic (exact) mass is 203 g/mol. The van der Waals surface area contributed by atoms with Crippen molar-refractivity contribution < 1.29 is 0 Å². The van der Waals surface area contributed by atoms with Crippen molar-refractivity contribution in [2.45, 2.75) is 4.90 Å². The van der Waals surface area contributed by atoms with Gasteiger partial charge in [0.1, 0.15) is 0 Å². The molecule has 0 aliphatic carbocycles. The number of benzene rings is 1. The van der Waals surface area contributed by atoms with Crippen molar-refractivity contribution in [2.24, 2.45) is 0 Å². The van der Waals surface area contributed by atoms with Gasteiger partial charge in [0.15, 0.2) is 0 Å². The van der Waals surface area contributed by atoms with Crippen molar-refractivity contribution >= 4 is 37.1 Å². The molecule has 0 unspecified atom stereocenters. The van der Waals surface area contributed by atoms with Crippen molar-refractivity contribution in [3.05, 3.63) is 24.3 Å². The Bertz CT molecular complexity index is 227. The van der Waals surface area contributed by atoms with E-state index in [1.54, 1.807) is 31.4 Å². The molecule has 0 atom stereocenters. The Morgan fingerprint density at radius 2 is 2.00 bits per heavy atom. The second-order valence-electron chi connectivity index (χ2n) is 1.86. The van der Waals surface area contributed by atoms with E-state index in [1.807, 2.05) is 24.3 Å². The molecule has 0 aliphatic rings. The molecule has 1 aromatic carbocycles. The fraction of sp³-hybridized carbons (Fsp3) is 0.143. The molecular weight excluding hydrogens is 194 g/mol. The maximum absolute atomic E-state index is 5.72. The van der Waals surface area contributed by atoms with Crippen LogP contribution >= 0.6 is 31.4 Å². The first kappa shape index (κ1) is 9.16. The predicted octanol–water partition coefficient (Wildman–Crippen LogP) is 3.29. The van der Waals surface area contributed by atoms with E-state index in [1.165, 1.54) is 0 Å². The van der Waals surface area contributed by atoms with Crippen LogP contribution < -0.4 is 5.73 Å². The van der Waals surface area contributed by atoms with Gasteiger partial charge >= 0.3 is 0 Å². The van der Waals surface area contributed by atoms with Gasteiger partial charge in [-0.15, -0.1) is 0 Å². The van der Waals surface area contributed by atoms with E-state index in [4.69, 9.17) is 5.73 Å². The van der Waals surface area contributed by atoms with Gasteiger partial charge < -0.3 is 5.73 Å². The zero-order chi connectivity index (χ0) is 8.10. The summed E-state index contributed by atoms with van der Waals surface area (Å²) in [4.78, 5) is 1.15. The molecule has 2 N–H and O–H groups in total. The highest BCUT2D eigenvalue weighted by atomic mass is 33.5. The first-order valence-electron chi connectivity index (χ1n) is 3.06.